The minimum Gasteiger partial charge on any atom is -0.369 e. The fraction of sp³-hybridized carbons (Fsp3) is 0.652. The Bertz CT molecular complexity index is 736. The van der Waals surface area contributed by atoms with Crippen LogP contribution < -0.4 is 11.1 Å². The average molecular weight is 527 g/mol. The van der Waals surface area contributed by atoms with E-state index in [9.17, 15) is 4.79 Å². The van der Waals surface area contributed by atoms with Gasteiger partial charge < -0.3 is 16.0 Å². The number of carbonyl (C=O) groups excluding carboxylic acids is 1. The van der Waals surface area contributed by atoms with Crippen molar-refractivity contribution in [2.45, 2.75) is 53.1 Å². The normalized spacial score (nSPS) is 21.9. The van der Waals surface area contributed by atoms with E-state index in [-0.39, 0.29) is 35.8 Å². The van der Waals surface area contributed by atoms with Crippen molar-refractivity contribution in [2.75, 3.05) is 32.7 Å². The van der Waals surface area contributed by atoms with Crippen molar-refractivity contribution in [1.82, 2.24) is 15.1 Å². The summed E-state index contributed by atoms with van der Waals surface area (Å²) in [5, 5.41) is 3.45. The predicted molar refractivity (Wildman–Crippen MR) is 134 cm³/mol. The highest BCUT2D eigenvalue weighted by Crippen LogP contribution is 2.28. The Kier molecular flexibility index (Phi) is 9.40. The molecule has 1 aromatic rings. The Labute approximate surface area is 198 Å². The van der Waals surface area contributed by atoms with Crippen LogP contribution in [0, 0.1) is 11.3 Å². The first-order chi connectivity index (χ1) is 13.9. The van der Waals surface area contributed by atoms with Crippen molar-refractivity contribution in [3.63, 3.8) is 0 Å². The number of aliphatic imine (C=N–C) groups is 1. The third kappa shape index (κ3) is 7.11. The third-order valence-electron chi connectivity index (χ3n) is 6.03. The van der Waals surface area contributed by atoms with E-state index < -0.39 is 0 Å². The number of nitrogens with two attached hydrogens (primary N) is 1. The maximum absolute atomic E-state index is 11.5. The van der Waals surface area contributed by atoms with Crippen LogP contribution in [0.2, 0.25) is 0 Å². The van der Waals surface area contributed by atoms with Gasteiger partial charge in [-0.05, 0) is 49.3 Å². The van der Waals surface area contributed by atoms with Gasteiger partial charge in [-0.1, -0.05) is 38.1 Å². The van der Waals surface area contributed by atoms with Crippen LogP contribution in [0.25, 0.3) is 0 Å². The van der Waals surface area contributed by atoms with Crippen molar-refractivity contribution < 1.29 is 4.79 Å². The number of hydrogen-bond donors (Lipinski definition) is 2. The Morgan fingerprint density at radius 1 is 1.30 bits per heavy atom. The number of benzene rings is 1. The zero-order valence-corrected chi connectivity index (χ0v) is 21.0. The maximum Gasteiger partial charge on any atom is 0.221 e. The summed E-state index contributed by atoms with van der Waals surface area (Å²) >= 11 is 0. The molecule has 1 atom stereocenters. The summed E-state index contributed by atoms with van der Waals surface area (Å²) in [6.45, 7) is 13.1. The molecule has 168 valence electrons. The maximum atomic E-state index is 11.5. The van der Waals surface area contributed by atoms with Gasteiger partial charge in [0.15, 0.2) is 5.96 Å². The van der Waals surface area contributed by atoms with E-state index in [1.807, 2.05) is 0 Å². The molecule has 0 radical (unpaired) electrons. The van der Waals surface area contributed by atoms with E-state index in [4.69, 9.17) is 10.7 Å². The molecule has 0 spiro atoms. The summed E-state index contributed by atoms with van der Waals surface area (Å²) in [6, 6.07) is 8.67. The van der Waals surface area contributed by atoms with Crippen molar-refractivity contribution in [2.24, 2.45) is 22.1 Å². The monoisotopic (exact) mass is 527 g/mol. The van der Waals surface area contributed by atoms with Crippen molar-refractivity contribution >= 4 is 35.8 Å². The first kappa shape index (κ1) is 24.9. The quantitative estimate of drug-likeness (QED) is 0.339. The molecular weight excluding hydrogens is 489 g/mol. The predicted octanol–water partition coefficient (Wildman–Crippen LogP) is 3.20. The van der Waals surface area contributed by atoms with Crippen LogP contribution in [0.3, 0.4) is 0 Å². The molecule has 2 aliphatic rings. The molecule has 2 aliphatic heterocycles. The molecule has 6 nitrogen and oxygen atoms in total. The summed E-state index contributed by atoms with van der Waals surface area (Å²) in [4.78, 5) is 21.2. The fourth-order valence-corrected chi connectivity index (χ4v) is 4.40. The lowest BCUT2D eigenvalue weighted by atomic mass is 9.93. The zero-order valence-electron chi connectivity index (χ0n) is 18.7. The van der Waals surface area contributed by atoms with Crippen LogP contribution in [-0.2, 0) is 17.9 Å². The van der Waals surface area contributed by atoms with Gasteiger partial charge in [0, 0.05) is 32.7 Å². The largest absolute Gasteiger partial charge is 0.369 e. The van der Waals surface area contributed by atoms with Crippen LogP contribution in [0.4, 0.5) is 0 Å². The molecule has 30 heavy (non-hydrogen) atoms. The van der Waals surface area contributed by atoms with E-state index in [0.717, 1.165) is 58.1 Å². The van der Waals surface area contributed by atoms with E-state index >= 15 is 0 Å². The van der Waals surface area contributed by atoms with Crippen molar-refractivity contribution in [3.8, 4) is 0 Å². The Morgan fingerprint density at radius 2 is 2.07 bits per heavy atom. The van der Waals surface area contributed by atoms with Gasteiger partial charge in [-0.25, -0.2) is 4.99 Å². The smallest absolute Gasteiger partial charge is 0.221 e. The molecule has 1 unspecified atom stereocenters. The van der Waals surface area contributed by atoms with Gasteiger partial charge in [-0.2, -0.15) is 0 Å². The standard InChI is InChI=1S/C23H37N5O.HI/c1-4-25-22(28-12-10-23(2,3)17-28)26-14-18-7-5-8-19(13-18)15-27-11-6-9-20(16-27)21(24)29;/h5,7-8,13,20H,4,6,9-12,14-17H2,1-3H3,(H2,24,29)(H,25,26);1H. The lowest BCUT2D eigenvalue weighted by Gasteiger charge is -2.31. The molecule has 0 aliphatic carbocycles. The van der Waals surface area contributed by atoms with E-state index in [1.54, 1.807) is 0 Å². The Morgan fingerprint density at radius 3 is 2.73 bits per heavy atom. The van der Waals surface area contributed by atoms with Crippen LogP contribution in [-0.4, -0.2) is 54.4 Å². The number of amides is 1. The van der Waals surface area contributed by atoms with E-state index in [1.165, 1.54) is 17.5 Å². The van der Waals surface area contributed by atoms with Crippen molar-refractivity contribution in [3.05, 3.63) is 35.4 Å². The molecule has 2 fully saturated rings. The second-order valence-electron chi connectivity index (χ2n) is 9.30. The number of carbonyl (C=O) groups is 1. The minimum atomic E-state index is -0.168. The zero-order chi connectivity index (χ0) is 20.9. The number of guanidine groups is 1. The van der Waals surface area contributed by atoms with Gasteiger partial charge in [0.25, 0.3) is 0 Å². The fourth-order valence-electron chi connectivity index (χ4n) is 4.40. The van der Waals surface area contributed by atoms with Crippen molar-refractivity contribution in [1.29, 1.82) is 0 Å². The van der Waals surface area contributed by atoms with Crippen LogP contribution >= 0.6 is 24.0 Å². The van der Waals surface area contributed by atoms with Gasteiger partial charge in [-0.15, -0.1) is 24.0 Å². The van der Waals surface area contributed by atoms with E-state index in [2.05, 4.69) is 60.2 Å². The van der Waals surface area contributed by atoms with E-state index in [0.29, 0.717) is 12.0 Å². The second kappa shape index (κ2) is 11.3. The average Bonchev–Trinajstić information content (AvgIpc) is 3.05. The molecular formula is C23H38IN5O. The number of piperidine rings is 1. The summed E-state index contributed by atoms with van der Waals surface area (Å²) in [6.07, 6.45) is 3.16. The highest BCUT2D eigenvalue weighted by Gasteiger charge is 2.30. The van der Waals surface area contributed by atoms with Gasteiger partial charge in [0.1, 0.15) is 0 Å². The Hall–Kier alpha value is -1.35. The number of primary amides is 1. The van der Waals surface area contributed by atoms with Crippen LogP contribution in [0.15, 0.2) is 29.3 Å². The molecule has 1 aromatic carbocycles. The molecule has 7 heteroatoms. The molecule has 2 saturated heterocycles. The summed E-state index contributed by atoms with van der Waals surface area (Å²) < 4.78 is 0. The minimum absolute atomic E-state index is 0. The number of halogens is 1. The van der Waals surface area contributed by atoms with Gasteiger partial charge >= 0.3 is 0 Å². The lowest BCUT2D eigenvalue weighted by molar-refractivity contribution is -0.123. The molecule has 3 rings (SSSR count). The van der Waals surface area contributed by atoms with Gasteiger partial charge in [0.2, 0.25) is 5.91 Å². The molecule has 0 bridgehead atoms. The number of hydrogen-bond acceptors (Lipinski definition) is 3. The van der Waals surface area contributed by atoms with Gasteiger partial charge in [0.05, 0.1) is 12.5 Å². The highest BCUT2D eigenvalue weighted by atomic mass is 127. The highest BCUT2D eigenvalue weighted by molar-refractivity contribution is 14.0. The van der Waals surface area contributed by atoms with Crippen LogP contribution in [0.1, 0.15) is 51.2 Å². The first-order valence-electron chi connectivity index (χ1n) is 11.0. The molecule has 1 amide bonds. The second-order valence-corrected chi connectivity index (χ2v) is 9.30. The summed E-state index contributed by atoms with van der Waals surface area (Å²) in [7, 11) is 0. The van der Waals surface area contributed by atoms with Crippen LogP contribution in [0.5, 0.6) is 0 Å². The number of likely N-dealkylation sites (tertiary alicyclic amines) is 2. The number of nitrogens with zero attached hydrogens (tertiary/aromatic N) is 3. The third-order valence-corrected chi connectivity index (χ3v) is 6.03. The molecule has 2 heterocycles. The Balaban J connectivity index is 0.00000320. The summed E-state index contributed by atoms with van der Waals surface area (Å²) in [5.41, 5.74) is 8.37. The van der Waals surface area contributed by atoms with Gasteiger partial charge in [-0.3, -0.25) is 9.69 Å². The first-order valence-corrected chi connectivity index (χ1v) is 11.0. The molecule has 0 aromatic heterocycles. The number of nitrogens with one attached hydrogen (secondary N) is 1. The number of rotatable bonds is 6. The summed E-state index contributed by atoms with van der Waals surface area (Å²) in [5.74, 6) is 0.839. The molecule has 3 N–H and O–H groups in total. The molecule has 0 saturated carbocycles. The SMILES string of the molecule is CCNC(=NCc1cccc(CN2CCCC(C(N)=O)C2)c1)N1CCC(C)(C)C1.I. The lowest BCUT2D eigenvalue weighted by Crippen LogP contribution is -2.40. The topological polar surface area (TPSA) is 74.0 Å².